The van der Waals surface area contributed by atoms with Gasteiger partial charge in [-0.3, -0.25) is 10.1 Å². The third-order valence-corrected chi connectivity index (χ3v) is 3.33. The molecule has 0 spiro atoms. The Morgan fingerprint density at radius 3 is 2.71 bits per heavy atom. The largest absolute Gasteiger partial charge is 0.358 e. The van der Waals surface area contributed by atoms with E-state index in [2.05, 4.69) is 10.6 Å². The number of nitro benzene ring substituents is 1. The van der Waals surface area contributed by atoms with Crippen molar-refractivity contribution < 1.29 is 4.92 Å². The average molecular weight is 322 g/mol. The lowest BCUT2D eigenvalue weighted by atomic mass is 10.2. The number of nitro groups is 1. The van der Waals surface area contributed by atoms with Crippen LogP contribution in [0, 0.1) is 10.1 Å². The fourth-order valence-corrected chi connectivity index (χ4v) is 2.08. The Hall–Kier alpha value is -2.18. The Morgan fingerprint density at radius 2 is 2.00 bits per heavy atom. The molecule has 2 rings (SSSR count). The summed E-state index contributed by atoms with van der Waals surface area (Å²) in [6.07, 6.45) is 0. The Morgan fingerprint density at radius 1 is 1.24 bits per heavy atom. The molecule has 2 N–H and O–H groups in total. The number of non-ortho nitro benzene ring substituents is 1. The lowest BCUT2D eigenvalue weighted by molar-refractivity contribution is -0.384. The van der Waals surface area contributed by atoms with Gasteiger partial charge in [0.2, 0.25) is 0 Å². The first-order valence-electron chi connectivity index (χ1n) is 6.09. The Bertz CT molecular complexity index is 679. The van der Waals surface area contributed by atoms with Crippen molar-refractivity contribution in [1.82, 2.24) is 5.32 Å². The van der Waals surface area contributed by atoms with Gasteiger partial charge in [-0.1, -0.05) is 35.9 Å². The first-order chi connectivity index (χ1) is 10.1. The van der Waals surface area contributed by atoms with E-state index in [1.165, 1.54) is 12.1 Å². The second-order valence-electron chi connectivity index (χ2n) is 4.21. The molecule has 0 unspecified atom stereocenters. The van der Waals surface area contributed by atoms with Gasteiger partial charge >= 0.3 is 0 Å². The molecule has 5 nitrogen and oxygen atoms in total. The summed E-state index contributed by atoms with van der Waals surface area (Å²) in [7, 11) is 0. The van der Waals surface area contributed by atoms with Gasteiger partial charge < -0.3 is 10.6 Å². The molecule has 7 heteroatoms. The smallest absolute Gasteiger partial charge is 0.271 e. The van der Waals surface area contributed by atoms with Crippen molar-refractivity contribution in [2.45, 2.75) is 6.54 Å². The predicted molar refractivity (Wildman–Crippen MR) is 87.6 cm³/mol. The topological polar surface area (TPSA) is 67.2 Å². The quantitative estimate of drug-likeness (QED) is 0.510. The molecule has 2 aromatic carbocycles. The number of nitrogens with zero attached hydrogens (tertiary/aromatic N) is 1. The minimum Gasteiger partial charge on any atom is -0.358 e. The van der Waals surface area contributed by atoms with Gasteiger partial charge in [0.15, 0.2) is 5.11 Å². The van der Waals surface area contributed by atoms with Crippen LogP contribution in [0.4, 0.5) is 11.4 Å². The highest BCUT2D eigenvalue weighted by Crippen LogP contribution is 2.17. The van der Waals surface area contributed by atoms with E-state index < -0.39 is 4.92 Å². The minimum atomic E-state index is -0.453. The molecule has 0 atom stereocenters. The number of hydrogen-bond acceptors (Lipinski definition) is 3. The molecule has 0 radical (unpaired) electrons. The third kappa shape index (κ3) is 4.40. The monoisotopic (exact) mass is 321 g/mol. The zero-order valence-electron chi connectivity index (χ0n) is 10.9. The van der Waals surface area contributed by atoms with Crippen molar-refractivity contribution in [1.29, 1.82) is 0 Å². The number of hydrogen-bond donors (Lipinski definition) is 2. The maximum absolute atomic E-state index is 10.7. The molecular weight excluding hydrogens is 310 g/mol. The van der Waals surface area contributed by atoms with Crippen LogP contribution in [-0.2, 0) is 6.54 Å². The van der Waals surface area contributed by atoms with Crippen LogP contribution in [-0.4, -0.2) is 10.0 Å². The zero-order chi connectivity index (χ0) is 15.2. The van der Waals surface area contributed by atoms with Crippen LogP contribution in [0.3, 0.4) is 0 Å². The van der Waals surface area contributed by atoms with Crippen molar-refractivity contribution in [3.8, 4) is 0 Å². The first-order valence-corrected chi connectivity index (χ1v) is 6.87. The Kier molecular flexibility index (Phi) is 5.08. The number of anilines is 1. The lowest BCUT2D eigenvalue weighted by Crippen LogP contribution is -2.27. The van der Waals surface area contributed by atoms with Crippen LogP contribution in [0.5, 0.6) is 0 Å². The predicted octanol–water partition coefficient (Wildman–Crippen LogP) is 3.73. The molecule has 0 amide bonds. The molecule has 0 fully saturated rings. The highest BCUT2D eigenvalue weighted by Gasteiger charge is 2.06. The van der Waals surface area contributed by atoms with E-state index in [0.29, 0.717) is 22.4 Å². The molecule has 21 heavy (non-hydrogen) atoms. The van der Waals surface area contributed by atoms with E-state index in [4.69, 9.17) is 23.8 Å². The van der Waals surface area contributed by atoms with Crippen molar-refractivity contribution >= 4 is 40.3 Å². The van der Waals surface area contributed by atoms with Gasteiger partial charge in [-0.2, -0.15) is 0 Å². The Labute approximate surface area is 132 Å². The van der Waals surface area contributed by atoms with Crippen LogP contribution in [0.15, 0.2) is 48.5 Å². The molecule has 0 saturated heterocycles. The summed E-state index contributed by atoms with van der Waals surface area (Å²) in [4.78, 5) is 10.2. The fourth-order valence-electron chi connectivity index (χ4n) is 1.69. The van der Waals surface area contributed by atoms with E-state index in [0.717, 1.165) is 5.56 Å². The SMILES string of the molecule is O=[N+]([O-])c1cccc(NC(=S)NCc2ccccc2Cl)c1. The second kappa shape index (κ2) is 7.01. The summed E-state index contributed by atoms with van der Waals surface area (Å²) in [5.74, 6) is 0. The molecule has 0 heterocycles. The highest BCUT2D eigenvalue weighted by atomic mass is 35.5. The molecule has 0 aliphatic rings. The molecule has 0 aliphatic carbocycles. The van der Waals surface area contributed by atoms with Gasteiger partial charge in [-0.15, -0.1) is 0 Å². The van der Waals surface area contributed by atoms with Crippen LogP contribution in [0.2, 0.25) is 5.02 Å². The molecule has 2 aromatic rings. The molecule has 0 aromatic heterocycles. The van der Waals surface area contributed by atoms with Crippen molar-refractivity contribution in [2.24, 2.45) is 0 Å². The summed E-state index contributed by atoms with van der Waals surface area (Å²) in [5, 5.41) is 17.6. The Balaban J connectivity index is 1.95. The number of halogens is 1. The summed E-state index contributed by atoms with van der Waals surface area (Å²) in [6, 6.07) is 13.6. The standard InChI is InChI=1S/C14H12ClN3O2S/c15-13-7-2-1-4-10(13)9-16-14(21)17-11-5-3-6-12(8-11)18(19)20/h1-8H,9H2,(H2,16,17,21). The van der Waals surface area contributed by atoms with Gasteiger partial charge in [-0.05, 0) is 29.9 Å². The molecule has 108 valence electrons. The van der Waals surface area contributed by atoms with E-state index >= 15 is 0 Å². The second-order valence-corrected chi connectivity index (χ2v) is 5.02. The van der Waals surface area contributed by atoms with E-state index in [1.54, 1.807) is 18.2 Å². The third-order valence-electron chi connectivity index (χ3n) is 2.71. The van der Waals surface area contributed by atoms with E-state index in [1.807, 2.05) is 18.2 Å². The van der Waals surface area contributed by atoms with Crippen LogP contribution < -0.4 is 10.6 Å². The number of rotatable bonds is 4. The summed E-state index contributed by atoms with van der Waals surface area (Å²) < 4.78 is 0. The number of benzene rings is 2. The van der Waals surface area contributed by atoms with Crippen LogP contribution >= 0.6 is 23.8 Å². The van der Waals surface area contributed by atoms with Crippen molar-refractivity contribution in [2.75, 3.05) is 5.32 Å². The maximum Gasteiger partial charge on any atom is 0.271 e. The summed E-state index contributed by atoms with van der Waals surface area (Å²) in [5.41, 5.74) is 1.48. The summed E-state index contributed by atoms with van der Waals surface area (Å²) in [6.45, 7) is 0.473. The van der Waals surface area contributed by atoms with Gasteiger partial charge in [0, 0.05) is 29.4 Å². The van der Waals surface area contributed by atoms with Crippen LogP contribution in [0.25, 0.3) is 0 Å². The lowest BCUT2D eigenvalue weighted by Gasteiger charge is -2.11. The molecule has 0 saturated carbocycles. The minimum absolute atomic E-state index is 0.00824. The van der Waals surface area contributed by atoms with Gasteiger partial charge in [-0.25, -0.2) is 0 Å². The molecule has 0 bridgehead atoms. The fraction of sp³-hybridized carbons (Fsp3) is 0.0714. The average Bonchev–Trinajstić information content (AvgIpc) is 2.46. The first kappa shape index (κ1) is 15.2. The van der Waals surface area contributed by atoms with Crippen molar-refractivity contribution in [3.05, 3.63) is 69.2 Å². The van der Waals surface area contributed by atoms with Crippen LogP contribution in [0.1, 0.15) is 5.56 Å². The number of thiocarbonyl (C=S) groups is 1. The highest BCUT2D eigenvalue weighted by molar-refractivity contribution is 7.80. The van der Waals surface area contributed by atoms with Gasteiger partial charge in [0.05, 0.1) is 4.92 Å². The maximum atomic E-state index is 10.7. The van der Waals surface area contributed by atoms with Gasteiger partial charge in [0.1, 0.15) is 0 Å². The molecular formula is C14H12ClN3O2S. The van der Waals surface area contributed by atoms with E-state index in [9.17, 15) is 10.1 Å². The van der Waals surface area contributed by atoms with Crippen molar-refractivity contribution in [3.63, 3.8) is 0 Å². The zero-order valence-corrected chi connectivity index (χ0v) is 12.4. The number of nitrogens with one attached hydrogen (secondary N) is 2. The van der Waals surface area contributed by atoms with Gasteiger partial charge in [0.25, 0.3) is 5.69 Å². The molecule has 0 aliphatic heterocycles. The van der Waals surface area contributed by atoms with E-state index in [-0.39, 0.29) is 5.69 Å². The summed E-state index contributed by atoms with van der Waals surface area (Å²) >= 11 is 11.2. The normalized spacial score (nSPS) is 9.95.